The van der Waals surface area contributed by atoms with E-state index in [1.807, 2.05) is 20.8 Å². The highest BCUT2D eigenvalue weighted by Gasteiger charge is 2.25. The summed E-state index contributed by atoms with van der Waals surface area (Å²) in [7, 11) is 1.46. The number of carbonyl (C=O) groups excluding carboxylic acids is 1. The van der Waals surface area contributed by atoms with Crippen molar-refractivity contribution in [2.24, 2.45) is 11.8 Å². The third kappa shape index (κ3) is 11.2. The minimum Gasteiger partial charge on any atom is -0.469 e. The van der Waals surface area contributed by atoms with Crippen LogP contribution in [0.3, 0.4) is 0 Å². The molecule has 0 aromatic heterocycles. The van der Waals surface area contributed by atoms with Gasteiger partial charge in [-0.05, 0) is 52.6 Å². The fourth-order valence-corrected chi connectivity index (χ4v) is 1.72. The van der Waals surface area contributed by atoms with Gasteiger partial charge in [0.1, 0.15) is 0 Å². The van der Waals surface area contributed by atoms with E-state index in [1.54, 1.807) is 20.8 Å². The molecule has 0 spiro atoms. The maximum Gasteiger partial charge on any atom is 0.308 e. The van der Waals surface area contributed by atoms with E-state index in [1.165, 1.54) is 7.11 Å². The number of methoxy groups -OCH3 is 1. The lowest BCUT2D eigenvalue weighted by atomic mass is 9.86. The van der Waals surface area contributed by atoms with Crippen molar-refractivity contribution in [2.75, 3.05) is 20.2 Å². The molecule has 0 aromatic carbocycles. The highest BCUT2D eigenvalue weighted by molar-refractivity contribution is 5.72. The number of esters is 1. The second kappa shape index (κ2) is 12.1. The third-order valence-electron chi connectivity index (χ3n) is 2.94. The van der Waals surface area contributed by atoms with Crippen molar-refractivity contribution in [3.05, 3.63) is 0 Å². The molecule has 122 valence electrons. The van der Waals surface area contributed by atoms with E-state index in [-0.39, 0.29) is 11.9 Å². The third-order valence-corrected chi connectivity index (χ3v) is 2.94. The Morgan fingerprint density at radius 1 is 1.25 bits per heavy atom. The molecule has 0 aliphatic carbocycles. The standard InChI is InChI=1S/C9H17NO2.C4H10O2.C2H6/c1-7(9(11)12-2)8-3-5-10-6-4-8;1-4(2,3)6-5;1-2/h7-8,10H,3-6H2,1-2H3;5H,1-3H3;1-2H3. The molecular weight excluding hydrogens is 258 g/mol. The summed E-state index contributed by atoms with van der Waals surface area (Å²) in [5.74, 6) is 0.512. The van der Waals surface area contributed by atoms with E-state index in [4.69, 9.17) is 9.99 Å². The van der Waals surface area contributed by atoms with Crippen LogP contribution in [0.5, 0.6) is 0 Å². The highest BCUT2D eigenvalue weighted by atomic mass is 17.1. The zero-order valence-corrected chi connectivity index (χ0v) is 14.2. The van der Waals surface area contributed by atoms with Crippen LogP contribution in [0.2, 0.25) is 0 Å². The molecule has 5 nitrogen and oxygen atoms in total. The molecular formula is C15H33NO4. The summed E-state index contributed by atoms with van der Waals surface area (Å²) in [4.78, 5) is 15.1. The molecule has 0 bridgehead atoms. The Labute approximate surface area is 124 Å². The molecule has 1 fully saturated rings. The predicted octanol–water partition coefficient (Wildman–Crippen LogP) is 3.10. The van der Waals surface area contributed by atoms with Gasteiger partial charge in [-0.15, -0.1) is 0 Å². The smallest absolute Gasteiger partial charge is 0.308 e. The van der Waals surface area contributed by atoms with Gasteiger partial charge in [-0.1, -0.05) is 20.8 Å². The van der Waals surface area contributed by atoms with Crippen LogP contribution in [-0.2, 0) is 14.4 Å². The lowest BCUT2D eigenvalue weighted by Crippen LogP contribution is -2.33. The van der Waals surface area contributed by atoms with Crippen molar-refractivity contribution in [3.8, 4) is 0 Å². The minimum atomic E-state index is -0.403. The van der Waals surface area contributed by atoms with Crippen LogP contribution in [0, 0.1) is 11.8 Å². The van der Waals surface area contributed by atoms with Gasteiger partial charge >= 0.3 is 5.97 Å². The number of hydrogen-bond acceptors (Lipinski definition) is 5. The fraction of sp³-hybridized carbons (Fsp3) is 0.933. The molecule has 0 saturated carbocycles. The van der Waals surface area contributed by atoms with E-state index in [2.05, 4.69) is 10.2 Å². The molecule has 0 aromatic rings. The van der Waals surface area contributed by atoms with E-state index in [0.29, 0.717) is 5.92 Å². The SMILES string of the molecule is CC.CC(C)(C)OO.COC(=O)C(C)C1CCNCC1. The van der Waals surface area contributed by atoms with Gasteiger partial charge in [0.15, 0.2) is 0 Å². The molecule has 1 atom stereocenters. The first kappa shape index (κ1) is 21.6. The van der Waals surface area contributed by atoms with E-state index >= 15 is 0 Å². The van der Waals surface area contributed by atoms with E-state index < -0.39 is 5.60 Å². The zero-order valence-electron chi connectivity index (χ0n) is 14.2. The summed E-state index contributed by atoms with van der Waals surface area (Å²) in [5.41, 5.74) is -0.403. The molecule has 1 rings (SSSR count). The largest absolute Gasteiger partial charge is 0.469 e. The normalized spacial score (nSPS) is 17.0. The van der Waals surface area contributed by atoms with Crippen LogP contribution in [-0.4, -0.2) is 37.0 Å². The average molecular weight is 291 g/mol. The first-order valence-corrected chi connectivity index (χ1v) is 7.43. The Morgan fingerprint density at radius 3 is 1.95 bits per heavy atom. The van der Waals surface area contributed by atoms with Crippen molar-refractivity contribution in [2.45, 2.75) is 60.0 Å². The predicted molar refractivity (Wildman–Crippen MR) is 81.6 cm³/mol. The maximum atomic E-state index is 11.2. The number of hydrogen-bond donors (Lipinski definition) is 2. The van der Waals surface area contributed by atoms with Crippen molar-refractivity contribution >= 4 is 5.97 Å². The summed E-state index contributed by atoms with van der Waals surface area (Å²) in [6, 6.07) is 0. The number of nitrogens with one attached hydrogen (secondary N) is 1. The highest BCUT2D eigenvalue weighted by Crippen LogP contribution is 2.22. The van der Waals surface area contributed by atoms with Crippen molar-refractivity contribution in [1.29, 1.82) is 0 Å². The zero-order chi connectivity index (χ0) is 16.2. The Balaban J connectivity index is 0. The fourth-order valence-electron chi connectivity index (χ4n) is 1.72. The lowest BCUT2D eigenvalue weighted by Gasteiger charge is -2.26. The Kier molecular flexibility index (Phi) is 13.1. The monoisotopic (exact) mass is 291 g/mol. The first-order chi connectivity index (χ1) is 9.31. The lowest BCUT2D eigenvalue weighted by molar-refractivity contribution is -0.306. The molecule has 0 radical (unpaired) electrons. The van der Waals surface area contributed by atoms with Gasteiger partial charge in [0.05, 0.1) is 18.6 Å². The van der Waals surface area contributed by atoms with Crippen LogP contribution in [0.4, 0.5) is 0 Å². The Morgan fingerprint density at radius 2 is 1.65 bits per heavy atom. The molecule has 0 amide bonds. The molecule has 1 saturated heterocycles. The van der Waals surface area contributed by atoms with Crippen LogP contribution in [0.25, 0.3) is 0 Å². The Hall–Kier alpha value is -0.650. The number of carbonyl (C=O) groups is 1. The number of rotatable bonds is 2. The molecule has 2 N–H and O–H groups in total. The minimum absolute atomic E-state index is 0.0668. The molecule has 1 heterocycles. The van der Waals surface area contributed by atoms with Crippen LogP contribution >= 0.6 is 0 Å². The summed E-state index contributed by atoms with van der Waals surface area (Å²) < 4.78 is 4.71. The van der Waals surface area contributed by atoms with Crippen molar-refractivity contribution < 1.29 is 19.7 Å². The van der Waals surface area contributed by atoms with Gasteiger partial charge in [0.25, 0.3) is 0 Å². The van der Waals surface area contributed by atoms with Crippen molar-refractivity contribution in [3.63, 3.8) is 0 Å². The maximum absolute atomic E-state index is 11.2. The van der Waals surface area contributed by atoms with Gasteiger partial charge in [0, 0.05) is 0 Å². The second-order valence-corrected chi connectivity index (χ2v) is 5.60. The summed E-state index contributed by atoms with van der Waals surface area (Å²) >= 11 is 0. The van der Waals surface area contributed by atoms with Crippen LogP contribution in [0.15, 0.2) is 0 Å². The average Bonchev–Trinajstić information content (AvgIpc) is 2.48. The quantitative estimate of drug-likeness (QED) is 0.465. The first-order valence-electron chi connectivity index (χ1n) is 7.43. The summed E-state index contributed by atoms with van der Waals surface area (Å²) in [6.45, 7) is 13.3. The van der Waals surface area contributed by atoms with Gasteiger partial charge in [-0.3, -0.25) is 10.1 Å². The molecule has 1 unspecified atom stereocenters. The summed E-state index contributed by atoms with van der Waals surface area (Å²) in [6.07, 6.45) is 2.19. The molecule has 20 heavy (non-hydrogen) atoms. The summed E-state index contributed by atoms with van der Waals surface area (Å²) in [5, 5.41) is 11.2. The van der Waals surface area contributed by atoms with Gasteiger partial charge in [0.2, 0.25) is 0 Å². The van der Waals surface area contributed by atoms with Gasteiger partial charge in [-0.2, -0.15) is 0 Å². The topological polar surface area (TPSA) is 67.8 Å². The Bertz CT molecular complexity index is 233. The van der Waals surface area contributed by atoms with Gasteiger partial charge < -0.3 is 10.1 Å². The number of ether oxygens (including phenoxy) is 1. The van der Waals surface area contributed by atoms with Crippen molar-refractivity contribution in [1.82, 2.24) is 5.32 Å². The molecule has 5 heteroatoms. The second-order valence-electron chi connectivity index (χ2n) is 5.60. The van der Waals surface area contributed by atoms with Crippen LogP contribution < -0.4 is 5.32 Å². The van der Waals surface area contributed by atoms with E-state index in [0.717, 1.165) is 25.9 Å². The van der Waals surface area contributed by atoms with Crippen LogP contribution in [0.1, 0.15) is 54.4 Å². The van der Waals surface area contributed by atoms with Gasteiger partial charge in [-0.25, -0.2) is 4.89 Å². The molecule has 1 aliphatic rings. The van der Waals surface area contributed by atoms with E-state index in [9.17, 15) is 4.79 Å². The molecule has 1 aliphatic heterocycles. The number of piperidine rings is 1.